The molecule has 0 atom stereocenters. The third-order valence-corrected chi connectivity index (χ3v) is 5.08. The molecular weight excluding hydrogens is 346 g/mol. The maximum absolute atomic E-state index is 12.8. The van der Waals surface area contributed by atoms with E-state index in [1.807, 2.05) is 13.8 Å². The number of halogens is 1. The molecule has 0 amide bonds. The quantitative estimate of drug-likeness (QED) is 0.819. The summed E-state index contributed by atoms with van der Waals surface area (Å²) < 4.78 is 26.8. The van der Waals surface area contributed by atoms with Gasteiger partial charge in [-0.1, -0.05) is 49.7 Å². The van der Waals surface area contributed by atoms with Crippen LogP contribution in [-0.2, 0) is 10.0 Å². The van der Waals surface area contributed by atoms with Crippen LogP contribution in [0.2, 0.25) is 5.02 Å². The second-order valence-corrected chi connectivity index (χ2v) is 7.96. The second-order valence-electron chi connectivity index (χ2n) is 5.81. The summed E-state index contributed by atoms with van der Waals surface area (Å²) in [6.07, 6.45) is 1.48. The van der Waals surface area contributed by atoms with E-state index in [4.69, 9.17) is 11.6 Å². The summed E-state index contributed by atoms with van der Waals surface area (Å²) in [6.45, 7) is 4.17. The number of sulfonamides is 1. The fourth-order valence-corrected chi connectivity index (χ4v) is 3.76. The van der Waals surface area contributed by atoms with E-state index in [-0.39, 0.29) is 11.7 Å². The van der Waals surface area contributed by atoms with Crippen molar-refractivity contribution in [2.24, 2.45) is 5.92 Å². The molecule has 2 aromatic rings. The topological polar surface area (TPSA) is 57.6 Å². The molecule has 0 radical (unpaired) electrons. The number of aromatic hydroxyl groups is 1. The van der Waals surface area contributed by atoms with Gasteiger partial charge < -0.3 is 5.11 Å². The van der Waals surface area contributed by atoms with E-state index in [0.717, 1.165) is 5.41 Å². The summed E-state index contributed by atoms with van der Waals surface area (Å²) in [4.78, 5) is 0. The number of anilines is 1. The molecule has 0 bridgehead atoms. The van der Waals surface area contributed by atoms with Gasteiger partial charge in [0.1, 0.15) is 5.75 Å². The van der Waals surface area contributed by atoms with Gasteiger partial charge in [0.25, 0.3) is 10.0 Å². The molecule has 128 valence electrons. The Morgan fingerprint density at radius 3 is 2.50 bits per heavy atom. The Bertz CT molecular complexity index is 832. The molecule has 0 unspecified atom stereocenters. The van der Waals surface area contributed by atoms with Crippen LogP contribution in [0.25, 0.3) is 6.08 Å². The van der Waals surface area contributed by atoms with Crippen molar-refractivity contribution in [3.63, 3.8) is 0 Å². The molecule has 24 heavy (non-hydrogen) atoms. The van der Waals surface area contributed by atoms with Crippen molar-refractivity contribution in [2.75, 3.05) is 10.8 Å². The van der Waals surface area contributed by atoms with Gasteiger partial charge in [-0.05, 0) is 35.8 Å². The van der Waals surface area contributed by atoms with Crippen molar-refractivity contribution in [3.05, 3.63) is 64.5 Å². The smallest absolute Gasteiger partial charge is 0.257 e. The molecule has 1 N–H and O–H groups in total. The monoisotopic (exact) mass is 365 g/mol. The lowest BCUT2D eigenvalue weighted by atomic mass is 10.2. The largest absolute Gasteiger partial charge is 0.508 e. The summed E-state index contributed by atoms with van der Waals surface area (Å²) in [6, 6.07) is 13.2. The van der Waals surface area contributed by atoms with Gasteiger partial charge in [-0.2, -0.15) is 0 Å². The highest BCUT2D eigenvalue weighted by Crippen LogP contribution is 2.25. The average Bonchev–Trinajstić information content (AvgIpc) is 2.51. The fraction of sp³-hybridized carbons (Fsp3) is 0.222. The average molecular weight is 366 g/mol. The van der Waals surface area contributed by atoms with Crippen LogP contribution >= 0.6 is 11.6 Å². The predicted octanol–water partition coefficient (Wildman–Crippen LogP) is 4.51. The van der Waals surface area contributed by atoms with E-state index in [0.29, 0.717) is 22.8 Å². The first kappa shape index (κ1) is 18.4. The fourth-order valence-electron chi connectivity index (χ4n) is 2.18. The van der Waals surface area contributed by atoms with Gasteiger partial charge in [-0.25, -0.2) is 8.42 Å². The van der Waals surface area contributed by atoms with Crippen LogP contribution in [0.15, 0.2) is 53.9 Å². The summed E-state index contributed by atoms with van der Waals surface area (Å²) in [5.41, 5.74) is 1.05. The first-order chi connectivity index (χ1) is 11.3. The zero-order chi connectivity index (χ0) is 17.7. The molecule has 2 rings (SSSR count). The normalized spacial score (nSPS) is 12.0. The molecule has 0 fully saturated rings. The van der Waals surface area contributed by atoms with Crippen molar-refractivity contribution in [2.45, 2.75) is 13.8 Å². The Balaban J connectivity index is 2.39. The Labute approximate surface area is 148 Å². The highest BCUT2D eigenvalue weighted by molar-refractivity contribution is 7.95. The molecule has 6 heteroatoms. The molecule has 0 aliphatic carbocycles. The van der Waals surface area contributed by atoms with Gasteiger partial charge in [0.2, 0.25) is 0 Å². The van der Waals surface area contributed by atoms with Gasteiger partial charge in [-0.3, -0.25) is 4.31 Å². The molecule has 4 nitrogen and oxygen atoms in total. The lowest BCUT2D eigenvalue weighted by Gasteiger charge is -2.24. The zero-order valence-electron chi connectivity index (χ0n) is 13.6. The van der Waals surface area contributed by atoms with Gasteiger partial charge >= 0.3 is 0 Å². The molecular formula is C18H20ClNO3S. The van der Waals surface area contributed by atoms with Gasteiger partial charge in [0.15, 0.2) is 0 Å². The van der Waals surface area contributed by atoms with Crippen LogP contribution in [0.3, 0.4) is 0 Å². The minimum absolute atomic E-state index is 0.0199. The first-order valence-corrected chi connectivity index (χ1v) is 9.42. The summed E-state index contributed by atoms with van der Waals surface area (Å²) in [5.74, 6) is 0.141. The zero-order valence-corrected chi connectivity index (χ0v) is 15.1. The lowest BCUT2D eigenvalue weighted by Crippen LogP contribution is -2.32. The number of rotatable bonds is 6. The maximum atomic E-state index is 12.8. The summed E-state index contributed by atoms with van der Waals surface area (Å²) >= 11 is 6.06. The molecule has 0 aromatic heterocycles. The third kappa shape index (κ3) is 4.76. The third-order valence-electron chi connectivity index (χ3n) is 3.28. The van der Waals surface area contributed by atoms with E-state index in [2.05, 4.69) is 0 Å². The molecule has 0 aliphatic heterocycles. The van der Waals surface area contributed by atoms with E-state index in [1.165, 1.54) is 22.5 Å². The van der Waals surface area contributed by atoms with Gasteiger partial charge in [0.05, 0.1) is 11.1 Å². The van der Waals surface area contributed by atoms with Crippen LogP contribution in [0.4, 0.5) is 5.69 Å². The Hall–Kier alpha value is -1.98. The minimum Gasteiger partial charge on any atom is -0.508 e. The Morgan fingerprint density at radius 1 is 1.17 bits per heavy atom. The molecule has 0 saturated heterocycles. The van der Waals surface area contributed by atoms with Crippen molar-refractivity contribution in [1.82, 2.24) is 0 Å². The number of phenolic OH excluding ortho intramolecular Hbond substituents is 1. The standard InChI is InChI=1S/C18H20ClNO3S/c1-14(2)13-20(16-7-5-8-17(21)12-16)24(22,23)11-10-15-6-3-4-9-18(15)19/h3-12,14,21H,13H2,1-2H3/b11-10+. The SMILES string of the molecule is CC(C)CN(c1cccc(O)c1)S(=O)(=O)/C=C/c1ccccc1Cl. The van der Waals surface area contributed by atoms with E-state index >= 15 is 0 Å². The van der Waals surface area contributed by atoms with Crippen molar-refractivity contribution in [1.29, 1.82) is 0 Å². The van der Waals surface area contributed by atoms with Crippen LogP contribution in [0, 0.1) is 5.92 Å². The maximum Gasteiger partial charge on any atom is 0.257 e. The van der Waals surface area contributed by atoms with Crippen molar-refractivity contribution >= 4 is 33.4 Å². The van der Waals surface area contributed by atoms with E-state index in [1.54, 1.807) is 36.4 Å². The van der Waals surface area contributed by atoms with Crippen molar-refractivity contribution < 1.29 is 13.5 Å². The summed E-state index contributed by atoms with van der Waals surface area (Å²) in [7, 11) is -3.72. The number of phenols is 1. The number of nitrogens with zero attached hydrogens (tertiary/aromatic N) is 1. The first-order valence-electron chi connectivity index (χ1n) is 7.54. The van der Waals surface area contributed by atoms with E-state index < -0.39 is 10.0 Å². The lowest BCUT2D eigenvalue weighted by molar-refractivity contribution is 0.475. The molecule has 0 heterocycles. The second kappa shape index (κ2) is 7.73. The van der Waals surface area contributed by atoms with Crippen LogP contribution in [-0.4, -0.2) is 20.1 Å². The Morgan fingerprint density at radius 2 is 1.88 bits per heavy atom. The minimum atomic E-state index is -3.72. The molecule has 0 aliphatic rings. The predicted molar refractivity (Wildman–Crippen MR) is 99.7 cm³/mol. The van der Waals surface area contributed by atoms with E-state index in [9.17, 15) is 13.5 Å². The molecule has 0 spiro atoms. The molecule has 2 aromatic carbocycles. The number of benzene rings is 2. The number of hydrogen-bond donors (Lipinski definition) is 1. The van der Waals surface area contributed by atoms with Gasteiger partial charge in [-0.15, -0.1) is 0 Å². The highest BCUT2D eigenvalue weighted by Gasteiger charge is 2.21. The Kier molecular flexibility index (Phi) is 5.91. The van der Waals surface area contributed by atoms with Gasteiger partial charge in [0, 0.05) is 17.6 Å². The number of hydrogen-bond acceptors (Lipinski definition) is 3. The summed E-state index contributed by atoms with van der Waals surface area (Å²) in [5, 5.41) is 11.3. The molecule has 0 saturated carbocycles. The van der Waals surface area contributed by atoms with Crippen molar-refractivity contribution in [3.8, 4) is 5.75 Å². The van der Waals surface area contributed by atoms with Crippen LogP contribution in [0.5, 0.6) is 5.75 Å². The van der Waals surface area contributed by atoms with Crippen LogP contribution < -0.4 is 4.31 Å². The highest BCUT2D eigenvalue weighted by atomic mass is 35.5. The van der Waals surface area contributed by atoms with Crippen LogP contribution in [0.1, 0.15) is 19.4 Å².